The van der Waals surface area contributed by atoms with Crippen LogP contribution in [0.2, 0.25) is 0 Å². The first-order chi connectivity index (χ1) is 23.4. The molecule has 11 heteroatoms. The second kappa shape index (κ2) is 13.3. The van der Waals surface area contributed by atoms with Gasteiger partial charge in [0.2, 0.25) is 0 Å². The standard InChI is InChI=1S/C37H37N9O2/c1-26(40-36(47)33-27(2)41-45-16-8-15-38-35(33)45)32-23-30-10-7-9-29(34(30)37(48)46(32)31-11-5-4-6-12-31)14-13-28-24-39-44(25-28)22-21-43-19-17-42(3)18-20-43/h4-12,15-16,23-26H,17-22H2,1-3H3,(H,40,47)/t26-/m0/s1. The van der Waals surface area contributed by atoms with Gasteiger partial charge in [-0.3, -0.25) is 23.7 Å². The van der Waals surface area contributed by atoms with Crippen molar-refractivity contribution in [2.24, 2.45) is 0 Å². The van der Waals surface area contributed by atoms with Crippen molar-refractivity contribution in [2.45, 2.75) is 26.4 Å². The van der Waals surface area contributed by atoms with E-state index in [1.54, 1.807) is 40.7 Å². The average molecular weight is 640 g/mol. The summed E-state index contributed by atoms with van der Waals surface area (Å²) in [4.78, 5) is 37.2. The third-order valence-electron chi connectivity index (χ3n) is 8.89. The fraction of sp³-hybridized carbons (Fsp3) is 0.270. The van der Waals surface area contributed by atoms with Gasteiger partial charge in [-0.2, -0.15) is 10.2 Å². The molecule has 4 aromatic heterocycles. The summed E-state index contributed by atoms with van der Waals surface area (Å²) in [6, 6.07) is 18.3. The fourth-order valence-electron chi connectivity index (χ4n) is 6.26. The SMILES string of the molecule is Cc1nn2cccnc2c1C(=O)N[C@@H](C)c1cc2cccc(C#Cc3cnn(CCN4CCN(C)CC4)c3)c2c(=O)n1-c1ccccc1. The minimum atomic E-state index is -0.528. The smallest absolute Gasteiger partial charge is 0.264 e. The second-order valence-electron chi connectivity index (χ2n) is 12.2. The van der Waals surface area contributed by atoms with Crippen molar-refractivity contribution in [3.8, 4) is 17.5 Å². The van der Waals surface area contributed by atoms with Gasteiger partial charge in [0, 0.05) is 68.3 Å². The van der Waals surface area contributed by atoms with E-state index in [1.807, 2.05) is 72.4 Å². The van der Waals surface area contributed by atoms with Crippen LogP contribution in [-0.2, 0) is 6.54 Å². The van der Waals surface area contributed by atoms with E-state index >= 15 is 0 Å². The van der Waals surface area contributed by atoms with Gasteiger partial charge in [0.15, 0.2) is 5.65 Å². The second-order valence-corrected chi connectivity index (χ2v) is 12.2. The Morgan fingerprint density at radius 2 is 1.81 bits per heavy atom. The summed E-state index contributed by atoms with van der Waals surface area (Å²) in [5.74, 6) is 6.17. The number of likely N-dealkylation sites (N-methyl/N-ethyl adjacent to an activating group) is 1. The third kappa shape index (κ3) is 6.23. The maximum atomic E-state index is 14.4. The minimum Gasteiger partial charge on any atom is -0.344 e. The lowest BCUT2D eigenvalue weighted by Crippen LogP contribution is -2.45. The molecule has 1 fully saturated rings. The molecule has 5 heterocycles. The van der Waals surface area contributed by atoms with Crippen molar-refractivity contribution >= 4 is 22.3 Å². The summed E-state index contributed by atoms with van der Waals surface area (Å²) in [6.45, 7) is 9.71. The molecule has 2 aromatic carbocycles. The molecule has 242 valence electrons. The number of hydrogen-bond donors (Lipinski definition) is 1. The lowest BCUT2D eigenvalue weighted by Gasteiger charge is -2.32. The molecular weight excluding hydrogens is 602 g/mol. The van der Waals surface area contributed by atoms with Crippen LogP contribution in [0.5, 0.6) is 0 Å². The van der Waals surface area contributed by atoms with Gasteiger partial charge in [-0.25, -0.2) is 9.50 Å². The first-order valence-electron chi connectivity index (χ1n) is 16.2. The van der Waals surface area contributed by atoms with Crippen LogP contribution in [0.1, 0.15) is 45.8 Å². The summed E-state index contributed by atoms with van der Waals surface area (Å²) in [6.07, 6.45) is 7.12. The van der Waals surface area contributed by atoms with Gasteiger partial charge in [-0.1, -0.05) is 42.2 Å². The molecule has 0 aliphatic carbocycles. The molecular formula is C37H37N9O2. The van der Waals surface area contributed by atoms with E-state index in [9.17, 15) is 9.59 Å². The van der Waals surface area contributed by atoms with E-state index in [-0.39, 0.29) is 11.5 Å². The molecule has 0 saturated carbocycles. The molecule has 0 radical (unpaired) electrons. The number of benzene rings is 2. The van der Waals surface area contributed by atoms with Crippen LogP contribution in [0, 0.1) is 18.8 Å². The number of hydrogen-bond acceptors (Lipinski definition) is 7. The average Bonchev–Trinajstić information content (AvgIpc) is 3.70. The monoisotopic (exact) mass is 639 g/mol. The van der Waals surface area contributed by atoms with Gasteiger partial charge >= 0.3 is 0 Å². The highest BCUT2D eigenvalue weighted by atomic mass is 16.2. The highest BCUT2D eigenvalue weighted by Crippen LogP contribution is 2.24. The van der Waals surface area contributed by atoms with Crippen LogP contribution in [0.25, 0.3) is 22.1 Å². The normalized spacial score (nSPS) is 14.6. The Labute approximate surface area is 278 Å². The zero-order valence-electron chi connectivity index (χ0n) is 27.3. The Morgan fingerprint density at radius 3 is 2.62 bits per heavy atom. The number of nitrogens with one attached hydrogen (secondary N) is 1. The van der Waals surface area contributed by atoms with Crippen molar-refractivity contribution in [3.63, 3.8) is 0 Å². The lowest BCUT2D eigenvalue weighted by molar-refractivity contribution is 0.0939. The van der Waals surface area contributed by atoms with Gasteiger partial charge in [0.05, 0.1) is 35.4 Å². The van der Waals surface area contributed by atoms with E-state index in [0.717, 1.165) is 50.2 Å². The number of carbonyl (C=O) groups excluding carboxylic acids is 1. The first kappa shape index (κ1) is 31.1. The van der Waals surface area contributed by atoms with Crippen LogP contribution in [0.15, 0.2) is 90.2 Å². The molecule has 1 amide bonds. The van der Waals surface area contributed by atoms with Crippen molar-refractivity contribution in [3.05, 3.63) is 124 Å². The fourth-order valence-corrected chi connectivity index (χ4v) is 6.26. The summed E-state index contributed by atoms with van der Waals surface area (Å²) < 4.78 is 5.18. The van der Waals surface area contributed by atoms with Crippen LogP contribution >= 0.6 is 0 Å². The summed E-state index contributed by atoms with van der Waals surface area (Å²) in [5, 5.41) is 13.3. The number of rotatable bonds is 7. The molecule has 48 heavy (non-hydrogen) atoms. The highest BCUT2D eigenvalue weighted by molar-refractivity contribution is 6.01. The van der Waals surface area contributed by atoms with Crippen molar-refractivity contribution in [1.29, 1.82) is 0 Å². The van der Waals surface area contributed by atoms with Crippen molar-refractivity contribution < 1.29 is 4.79 Å². The Kier molecular flexibility index (Phi) is 8.59. The van der Waals surface area contributed by atoms with Gasteiger partial charge in [-0.15, -0.1) is 0 Å². The minimum absolute atomic E-state index is 0.212. The highest BCUT2D eigenvalue weighted by Gasteiger charge is 2.23. The first-order valence-corrected chi connectivity index (χ1v) is 16.2. The maximum Gasteiger partial charge on any atom is 0.264 e. The van der Waals surface area contributed by atoms with E-state index in [4.69, 9.17) is 0 Å². The number of aromatic nitrogens is 6. The summed E-state index contributed by atoms with van der Waals surface area (Å²) in [5.41, 5.74) is 3.99. The molecule has 11 nitrogen and oxygen atoms in total. The number of nitrogens with zero attached hydrogens (tertiary/aromatic N) is 8. The van der Waals surface area contributed by atoms with Crippen LogP contribution < -0.4 is 10.9 Å². The number of carbonyl (C=O) groups is 1. The zero-order chi connectivity index (χ0) is 33.2. The number of para-hydroxylation sites is 1. The number of fused-ring (bicyclic) bond motifs is 2. The van der Waals surface area contributed by atoms with E-state index in [2.05, 4.69) is 49.2 Å². The zero-order valence-corrected chi connectivity index (χ0v) is 27.3. The largest absolute Gasteiger partial charge is 0.344 e. The van der Waals surface area contributed by atoms with Crippen LogP contribution in [0.4, 0.5) is 0 Å². The molecule has 6 aromatic rings. The number of piperazine rings is 1. The molecule has 1 N–H and O–H groups in total. The lowest BCUT2D eigenvalue weighted by atomic mass is 10.0. The van der Waals surface area contributed by atoms with E-state index in [1.165, 1.54) is 0 Å². The molecule has 1 aliphatic rings. The number of amides is 1. The van der Waals surface area contributed by atoms with E-state index in [0.29, 0.717) is 39.2 Å². The van der Waals surface area contributed by atoms with E-state index < -0.39 is 6.04 Å². The number of pyridine rings is 1. The molecule has 0 unspecified atom stereocenters. The molecule has 1 aliphatic heterocycles. The topological polar surface area (TPSA) is 106 Å². The summed E-state index contributed by atoms with van der Waals surface area (Å²) >= 11 is 0. The molecule has 1 atom stereocenters. The van der Waals surface area contributed by atoms with Gasteiger partial charge in [-0.05, 0) is 56.6 Å². The van der Waals surface area contributed by atoms with Crippen molar-refractivity contribution in [1.82, 2.24) is 44.1 Å². The Bertz CT molecular complexity index is 2230. The summed E-state index contributed by atoms with van der Waals surface area (Å²) in [7, 11) is 2.16. The molecule has 7 rings (SSSR count). The quantitative estimate of drug-likeness (QED) is 0.266. The predicted molar refractivity (Wildman–Crippen MR) is 185 cm³/mol. The van der Waals surface area contributed by atoms with Gasteiger partial charge in [0.25, 0.3) is 11.5 Å². The van der Waals surface area contributed by atoms with Gasteiger partial charge < -0.3 is 10.2 Å². The third-order valence-corrected chi connectivity index (χ3v) is 8.89. The Balaban J connectivity index is 1.20. The van der Waals surface area contributed by atoms with Crippen LogP contribution in [-0.4, -0.2) is 84.4 Å². The molecule has 0 spiro atoms. The predicted octanol–water partition coefficient (Wildman–Crippen LogP) is 3.68. The Hall–Kier alpha value is -5.57. The Morgan fingerprint density at radius 1 is 1.00 bits per heavy atom. The molecule has 1 saturated heterocycles. The molecule has 0 bridgehead atoms. The maximum absolute atomic E-state index is 14.4. The van der Waals surface area contributed by atoms with Crippen LogP contribution in [0.3, 0.4) is 0 Å². The van der Waals surface area contributed by atoms with Crippen molar-refractivity contribution in [2.75, 3.05) is 39.8 Å². The number of aryl methyl sites for hydroxylation is 1. The van der Waals surface area contributed by atoms with Gasteiger partial charge in [0.1, 0.15) is 5.56 Å².